The second-order valence-corrected chi connectivity index (χ2v) is 17.8. The maximum absolute atomic E-state index is 14.6. The summed E-state index contributed by atoms with van der Waals surface area (Å²) >= 11 is 0. The lowest BCUT2D eigenvalue weighted by Crippen LogP contribution is -2.54. The first-order chi connectivity index (χ1) is 30.9. The molecule has 0 spiro atoms. The minimum absolute atomic E-state index is 0.00718. The number of amides is 4. The van der Waals surface area contributed by atoms with Gasteiger partial charge in [-0.25, -0.2) is 19.6 Å². The van der Waals surface area contributed by atoms with Gasteiger partial charge in [0, 0.05) is 36.6 Å². The number of nitrogens with one attached hydrogen (secondary N) is 4. The molecular formula is C47H56N8O9. The average Bonchev–Trinajstić information content (AvgIpc) is 4.12. The van der Waals surface area contributed by atoms with Crippen molar-refractivity contribution < 1.29 is 42.9 Å². The maximum Gasteiger partial charge on any atom is 0.407 e. The first-order valence-electron chi connectivity index (χ1n) is 22.1. The van der Waals surface area contributed by atoms with E-state index in [0.717, 1.165) is 68.3 Å². The van der Waals surface area contributed by atoms with Crippen LogP contribution in [0.15, 0.2) is 48.7 Å². The summed E-state index contributed by atoms with van der Waals surface area (Å²) in [5, 5.41) is 7.33. The number of carbonyl (C=O) groups is 4. The summed E-state index contributed by atoms with van der Waals surface area (Å²) in [5.74, 6) is 1.73. The molecule has 4 N–H and O–H groups in total. The number of alkyl carbamates (subject to hydrolysis) is 2. The van der Waals surface area contributed by atoms with Gasteiger partial charge < -0.3 is 54.1 Å². The van der Waals surface area contributed by atoms with Crippen LogP contribution in [0.5, 0.6) is 5.75 Å². The monoisotopic (exact) mass is 876 g/mol. The van der Waals surface area contributed by atoms with Crippen LogP contribution >= 0.6 is 0 Å². The first-order valence-corrected chi connectivity index (χ1v) is 22.1. The van der Waals surface area contributed by atoms with Crippen molar-refractivity contribution in [3.63, 3.8) is 0 Å². The highest BCUT2D eigenvalue weighted by Gasteiger charge is 2.44. The van der Waals surface area contributed by atoms with Crippen LogP contribution in [0.2, 0.25) is 0 Å². The number of methoxy groups -OCH3 is 3. The standard InChI is InChI=1S/C47H56N8O9/c1-24-7-12-37(55(24)40(56)20-49-46(58)61-5)44-50-35-11-9-28-17-34-32-10-8-29(16-31(32)23-63-39(34)18-33(28)42(35)52-44)36-19-48-43(51-36)38-15-27(22-60-4)21-54(38)45(57)41(53-47(59)62-6)30-13-25(2)64-26(3)14-30/h8-11,16-19,24-27,30,37-38,41H,7,12-15,20-23H2,1-6H3,(H,48,51)(H,49,58)(H,50,52)(H,53,59). The molecule has 3 fully saturated rings. The van der Waals surface area contributed by atoms with E-state index in [1.165, 1.54) is 14.2 Å². The van der Waals surface area contributed by atoms with Gasteiger partial charge in [-0.2, -0.15) is 0 Å². The third-order valence-electron chi connectivity index (χ3n) is 13.4. The Kier molecular flexibility index (Phi) is 11.9. The smallest absolute Gasteiger partial charge is 0.407 e. The number of hydrogen-bond acceptors (Lipinski definition) is 11. The predicted molar refractivity (Wildman–Crippen MR) is 236 cm³/mol. The Hall–Kier alpha value is -6.20. The van der Waals surface area contributed by atoms with E-state index >= 15 is 0 Å². The van der Waals surface area contributed by atoms with Gasteiger partial charge in [0.05, 0.1) is 68.0 Å². The highest BCUT2D eigenvalue weighted by atomic mass is 16.5. The van der Waals surface area contributed by atoms with Crippen molar-refractivity contribution in [3.8, 4) is 28.1 Å². The molecule has 0 saturated carbocycles. The Labute approximate surface area is 370 Å². The van der Waals surface area contributed by atoms with E-state index in [9.17, 15) is 19.2 Å². The molecule has 5 aromatic rings. The van der Waals surface area contributed by atoms with Crippen LogP contribution in [0.1, 0.15) is 82.2 Å². The number of aromatic amines is 2. The van der Waals surface area contributed by atoms with Gasteiger partial charge in [0.25, 0.3) is 0 Å². The third kappa shape index (κ3) is 8.22. The normalized spacial score (nSPS) is 24.5. The molecule has 64 heavy (non-hydrogen) atoms. The Morgan fingerprint density at radius 2 is 1.69 bits per heavy atom. The molecule has 7 unspecified atom stereocenters. The number of rotatable bonds is 10. The third-order valence-corrected chi connectivity index (χ3v) is 13.4. The Morgan fingerprint density at radius 1 is 0.891 bits per heavy atom. The number of hydrogen-bond donors (Lipinski definition) is 4. The molecule has 3 aromatic carbocycles. The number of ether oxygens (including phenoxy) is 5. The van der Waals surface area contributed by atoms with Gasteiger partial charge in [0.1, 0.15) is 36.6 Å². The number of H-pyrrole nitrogens is 2. The molecule has 338 valence electrons. The molecule has 4 amide bonds. The molecule has 2 aromatic heterocycles. The first kappa shape index (κ1) is 43.1. The van der Waals surface area contributed by atoms with Crippen LogP contribution in [0, 0.1) is 11.8 Å². The van der Waals surface area contributed by atoms with Gasteiger partial charge in [-0.05, 0) is 105 Å². The van der Waals surface area contributed by atoms with E-state index in [4.69, 9.17) is 28.9 Å². The summed E-state index contributed by atoms with van der Waals surface area (Å²) in [6.07, 6.45) is 3.92. The van der Waals surface area contributed by atoms with Gasteiger partial charge in [0.2, 0.25) is 11.8 Å². The molecule has 0 bridgehead atoms. The van der Waals surface area contributed by atoms with Crippen molar-refractivity contribution in [2.24, 2.45) is 11.8 Å². The minimum atomic E-state index is -0.782. The maximum atomic E-state index is 14.6. The van der Waals surface area contributed by atoms with Crippen LogP contribution in [0.4, 0.5) is 9.59 Å². The van der Waals surface area contributed by atoms with Crippen molar-refractivity contribution in [2.75, 3.05) is 41.0 Å². The molecule has 4 aliphatic rings. The molecule has 7 atom stereocenters. The van der Waals surface area contributed by atoms with Gasteiger partial charge in [-0.3, -0.25) is 9.59 Å². The second kappa shape index (κ2) is 17.8. The number of likely N-dealkylation sites (tertiary alicyclic amines) is 2. The fourth-order valence-corrected chi connectivity index (χ4v) is 10.5. The predicted octanol–water partition coefficient (Wildman–Crippen LogP) is 6.54. The summed E-state index contributed by atoms with van der Waals surface area (Å²) in [6, 6.07) is 13.2. The summed E-state index contributed by atoms with van der Waals surface area (Å²) in [4.78, 5) is 72.7. The molecule has 0 aliphatic carbocycles. The van der Waals surface area contributed by atoms with Crippen LogP contribution in [0.3, 0.4) is 0 Å². The van der Waals surface area contributed by atoms with Gasteiger partial charge in [-0.15, -0.1) is 0 Å². The lowest BCUT2D eigenvalue weighted by Gasteiger charge is -2.38. The SMILES string of the molecule is COCC1CC(c2ncc(-c3ccc4c(c3)COc3cc5c(ccc6[nH]c(C7CCC(C)N7C(=O)CNC(=O)OC)nc65)cc3-4)[nH]2)N(C(=O)C(NC(=O)OC)C2CC(C)OC(C)C2)C1. The summed E-state index contributed by atoms with van der Waals surface area (Å²) in [6.45, 7) is 7.17. The molecule has 6 heterocycles. The van der Waals surface area contributed by atoms with E-state index in [2.05, 4.69) is 61.7 Å². The largest absolute Gasteiger partial charge is 0.488 e. The van der Waals surface area contributed by atoms with E-state index in [-0.39, 0.29) is 60.5 Å². The minimum Gasteiger partial charge on any atom is -0.488 e. The molecule has 3 saturated heterocycles. The molecule has 9 rings (SSSR count). The van der Waals surface area contributed by atoms with Crippen molar-refractivity contribution in [1.29, 1.82) is 0 Å². The molecule has 4 aliphatic heterocycles. The summed E-state index contributed by atoms with van der Waals surface area (Å²) in [5.41, 5.74) is 6.49. The lowest BCUT2D eigenvalue weighted by atomic mass is 9.85. The Bertz CT molecular complexity index is 2580. The van der Waals surface area contributed by atoms with Crippen molar-refractivity contribution >= 4 is 45.8 Å². The van der Waals surface area contributed by atoms with E-state index in [0.29, 0.717) is 50.7 Å². The fourth-order valence-electron chi connectivity index (χ4n) is 10.5. The van der Waals surface area contributed by atoms with Crippen LogP contribution in [-0.2, 0) is 35.1 Å². The number of fused-ring (bicyclic) bond motifs is 6. The Balaban J connectivity index is 0.962. The molecule has 17 nitrogen and oxygen atoms in total. The van der Waals surface area contributed by atoms with Crippen molar-refractivity contribution in [1.82, 2.24) is 40.4 Å². The van der Waals surface area contributed by atoms with Crippen LogP contribution in [0.25, 0.3) is 44.2 Å². The molecular weight excluding hydrogens is 821 g/mol. The lowest BCUT2D eigenvalue weighted by molar-refractivity contribution is -0.139. The highest BCUT2D eigenvalue weighted by Crippen LogP contribution is 2.44. The second-order valence-electron chi connectivity index (χ2n) is 17.8. The van der Waals surface area contributed by atoms with Gasteiger partial charge in [-0.1, -0.05) is 18.2 Å². The highest BCUT2D eigenvalue weighted by molar-refractivity contribution is 6.07. The van der Waals surface area contributed by atoms with E-state index in [1.54, 1.807) is 12.0 Å². The van der Waals surface area contributed by atoms with E-state index < -0.39 is 18.2 Å². The zero-order valence-electron chi connectivity index (χ0n) is 37.1. The number of imidazole rings is 2. The molecule has 0 radical (unpaired) electrons. The number of carbonyl (C=O) groups excluding carboxylic acids is 4. The number of aromatic nitrogens is 4. The number of benzene rings is 3. The summed E-state index contributed by atoms with van der Waals surface area (Å²) in [7, 11) is 4.24. The average molecular weight is 877 g/mol. The van der Waals surface area contributed by atoms with Crippen LogP contribution in [-0.4, -0.2) is 119 Å². The topological polar surface area (TPSA) is 202 Å². The van der Waals surface area contributed by atoms with Crippen molar-refractivity contribution in [2.45, 2.75) is 95.9 Å². The summed E-state index contributed by atoms with van der Waals surface area (Å²) < 4.78 is 27.6. The zero-order chi connectivity index (χ0) is 44.8. The fraction of sp³-hybridized carbons (Fsp3) is 0.489. The van der Waals surface area contributed by atoms with Gasteiger partial charge >= 0.3 is 12.2 Å². The quantitative estimate of drug-likeness (QED) is 0.119. The van der Waals surface area contributed by atoms with Crippen LogP contribution < -0.4 is 15.4 Å². The van der Waals surface area contributed by atoms with Crippen molar-refractivity contribution in [3.05, 3.63) is 65.9 Å². The molecule has 17 heteroatoms. The Morgan fingerprint density at radius 3 is 2.45 bits per heavy atom. The number of nitrogens with zero attached hydrogens (tertiary/aromatic N) is 4. The zero-order valence-corrected chi connectivity index (χ0v) is 37.1. The van der Waals surface area contributed by atoms with E-state index in [1.807, 2.05) is 37.9 Å². The van der Waals surface area contributed by atoms with Gasteiger partial charge in [0.15, 0.2) is 0 Å².